The molecule has 1 saturated heterocycles. The summed E-state index contributed by atoms with van der Waals surface area (Å²) in [6.07, 6.45) is 5.35. The van der Waals surface area contributed by atoms with E-state index in [0.717, 1.165) is 12.1 Å². The number of fused-ring (bicyclic) bond motifs is 1. The maximum Gasteiger partial charge on any atom is 0.129 e. The lowest BCUT2D eigenvalue weighted by molar-refractivity contribution is 0.199. The van der Waals surface area contributed by atoms with Crippen LogP contribution in [0.2, 0.25) is 19.6 Å². The first-order valence-corrected chi connectivity index (χ1v) is 12.9. The van der Waals surface area contributed by atoms with Crippen LogP contribution in [0.5, 0.6) is 0 Å². The number of nitrogens with one attached hydrogen (secondary N) is 1. The van der Waals surface area contributed by atoms with E-state index in [1.807, 2.05) is 0 Å². The van der Waals surface area contributed by atoms with E-state index in [4.69, 9.17) is 0 Å². The van der Waals surface area contributed by atoms with E-state index in [1.54, 1.807) is 0 Å². The Bertz CT molecular complexity index is 631. The summed E-state index contributed by atoms with van der Waals surface area (Å²) in [4.78, 5) is 2.65. The van der Waals surface area contributed by atoms with E-state index in [9.17, 15) is 0 Å². The number of hydrogen-bond acceptors (Lipinski definition) is 2. The molecule has 0 radical (unpaired) electrons. The molecule has 0 unspecified atom stereocenters. The van der Waals surface area contributed by atoms with Crippen LogP contribution in [0.1, 0.15) is 45.1 Å². The third-order valence-corrected chi connectivity index (χ3v) is 5.93. The second-order valence-electron chi connectivity index (χ2n) is 9.16. The van der Waals surface area contributed by atoms with Crippen molar-refractivity contribution in [2.24, 2.45) is 0 Å². The van der Waals surface area contributed by atoms with Gasteiger partial charge in [-0.25, -0.2) is 0 Å². The summed E-state index contributed by atoms with van der Waals surface area (Å²) < 4.78 is 0. The molecular formula is C21H32N2Si. The second kappa shape index (κ2) is 6.58. The molecule has 1 aromatic carbocycles. The SMILES string of the molecule is CC1(C)CN(c2ccc(C#C[Si](C)(C)C)cc2)[C@H]2CCCC[C@@H]2N1. The molecule has 3 heteroatoms. The molecule has 1 heterocycles. The molecule has 0 aromatic heterocycles. The Balaban J connectivity index is 1.82. The molecule has 130 valence electrons. The predicted molar refractivity (Wildman–Crippen MR) is 107 cm³/mol. The highest BCUT2D eigenvalue weighted by molar-refractivity contribution is 6.83. The Kier molecular flexibility index (Phi) is 4.82. The molecule has 2 nitrogen and oxygen atoms in total. The van der Waals surface area contributed by atoms with E-state index in [2.05, 4.69) is 79.4 Å². The Morgan fingerprint density at radius 2 is 1.75 bits per heavy atom. The van der Waals surface area contributed by atoms with E-state index in [1.165, 1.54) is 31.4 Å². The Labute approximate surface area is 149 Å². The topological polar surface area (TPSA) is 15.3 Å². The summed E-state index contributed by atoms with van der Waals surface area (Å²) >= 11 is 0. The highest BCUT2D eigenvalue weighted by Gasteiger charge is 2.40. The van der Waals surface area contributed by atoms with Gasteiger partial charge >= 0.3 is 0 Å². The monoisotopic (exact) mass is 340 g/mol. The summed E-state index contributed by atoms with van der Waals surface area (Å²) in [5.41, 5.74) is 6.15. The number of benzene rings is 1. The molecule has 0 bridgehead atoms. The maximum atomic E-state index is 3.88. The molecule has 2 atom stereocenters. The van der Waals surface area contributed by atoms with Crippen molar-refractivity contribution in [1.29, 1.82) is 0 Å². The fourth-order valence-corrected chi connectivity index (χ4v) is 4.54. The predicted octanol–water partition coefficient (Wildman–Crippen LogP) is 4.41. The fourth-order valence-electron chi connectivity index (χ4n) is 4.02. The molecule has 2 aliphatic rings. The third-order valence-electron chi connectivity index (χ3n) is 5.05. The minimum atomic E-state index is -1.31. The fraction of sp³-hybridized carbons (Fsp3) is 0.619. The molecule has 1 N–H and O–H groups in total. The van der Waals surface area contributed by atoms with E-state index in [0.29, 0.717) is 12.1 Å². The lowest BCUT2D eigenvalue weighted by Gasteiger charge is -2.52. The van der Waals surface area contributed by atoms with Gasteiger partial charge in [-0.1, -0.05) is 38.4 Å². The van der Waals surface area contributed by atoms with Gasteiger partial charge in [0.2, 0.25) is 0 Å². The van der Waals surface area contributed by atoms with Gasteiger partial charge in [0, 0.05) is 35.4 Å². The third kappa shape index (κ3) is 4.23. The number of anilines is 1. The lowest BCUT2D eigenvalue weighted by Crippen LogP contribution is -2.67. The standard InChI is InChI=1S/C21H32N2Si/c1-21(2)16-23(20-9-7-6-8-19(20)22-21)18-12-10-17(11-13-18)14-15-24(3,4)5/h10-13,19-20,22H,6-9,16H2,1-5H3/t19-,20-/m0/s1. The number of hydrogen-bond donors (Lipinski definition) is 1. The van der Waals surface area contributed by atoms with Crippen LogP contribution in [0, 0.1) is 11.5 Å². The largest absolute Gasteiger partial charge is 0.365 e. The molecule has 24 heavy (non-hydrogen) atoms. The first-order valence-electron chi connectivity index (χ1n) is 9.41. The molecule has 1 aromatic rings. The van der Waals surface area contributed by atoms with Gasteiger partial charge in [0.15, 0.2) is 0 Å². The molecular weight excluding hydrogens is 308 g/mol. The zero-order chi connectivity index (χ0) is 17.4. The zero-order valence-electron chi connectivity index (χ0n) is 15.9. The molecule has 0 spiro atoms. The summed E-state index contributed by atoms with van der Waals surface area (Å²) in [7, 11) is -1.31. The Hall–Kier alpha value is -1.24. The number of piperazine rings is 1. The van der Waals surface area contributed by atoms with Crippen LogP contribution in [0.25, 0.3) is 0 Å². The Morgan fingerprint density at radius 3 is 2.42 bits per heavy atom. The van der Waals surface area contributed by atoms with Crippen LogP contribution in [0.4, 0.5) is 5.69 Å². The average Bonchev–Trinajstić information content (AvgIpc) is 2.51. The molecule has 2 fully saturated rings. The lowest BCUT2D eigenvalue weighted by atomic mass is 9.83. The van der Waals surface area contributed by atoms with Crippen LogP contribution in [0.3, 0.4) is 0 Å². The number of nitrogens with zero attached hydrogens (tertiary/aromatic N) is 1. The van der Waals surface area contributed by atoms with E-state index in [-0.39, 0.29) is 5.54 Å². The van der Waals surface area contributed by atoms with Crippen LogP contribution >= 0.6 is 0 Å². The number of rotatable bonds is 1. The normalized spacial score (nSPS) is 26.3. The van der Waals surface area contributed by atoms with Crippen molar-refractivity contribution in [1.82, 2.24) is 5.32 Å². The first-order chi connectivity index (χ1) is 11.2. The van der Waals surface area contributed by atoms with Gasteiger partial charge in [0.1, 0.15) is 8.07 Å². The van der Waals surface area contributed by atoms with Crippen molar-refractivity contribution in [3.8, 4) is 11.5 Å². The van der Waals surface area contributed by atoms with Gasteiger partial charge in [-0.05, 0) is 51.0 Å². The summed E-state index contributed by atoms with van der Waals surface area (Å²) in [6, 6.07) is 10.2. The van der Waals surface area contributed by atoms with Crippen LogP contribution in [-0.2, 0) is 0 Å². The van der Waals surface area contributed by atoms with Gasteiger partial charge in [-0.2, -0.15) is 0 Å². The molecule has 1 aliphatic carbocycles. The van der Waals surface area contributed by atoms with Crippen molar-refractivity contribution in [2.75, 3.05) is 11.4 Å². The summed E-state index contributed by atoms with van der Waals surface area (Å²) in [5.74, 6) is 3.37. The summed E-state index contributed by atoms with van der Waals surface area (Å²) in [6.45, 7) is 12.6. The van der Waals surface area contributed by atoms with Crippen molar-refractivity contribution < 1.29 is 0 Å². The Morgan fingerprint density at radius 1 is 1.08 bits per heavy atom. The molecule has 1 saturated carbocycles. The smallest absolute Gasteiger partial charge is 0.129 e. The van der Waals surface area contributed by atoms with Gasteiger partial charge in [0.05, 0.1) is 0 Å². The van der Waals surface area contributed by atoms with Crippen molar-refractivity contribution >= 4 is 13.8 Å². The molecule has 0 amide bonds. The van der Waals surface area contributed by atoms with Crippen LogP contribution in [0.15, 0.2) is 24.3 Å². The van der Waals surface area contributed by atoms with Crippen LogP contribution in [-0.4, -0.2) is 32.2 Å². The zero-order valence-corrected chi connectivity index (χ0v) is 16.9. The van der Waals surface area contributed by atoms with E-state index < -0.39 is 8.07 Å². The van der Waals surface area contributed by atoms with Crippen molar-refractivity contribution in [3.05, 3.63) is 29.8 Å². The highest BCUT2D eigenvalue weighted by atomic mass is 28.3. The highest BCUT2D eigenvalue weighted by Crippen LogP contribution is 2.33. The van der Waals surface area contributed by atoms with E-state index >= 15 is 0 Å². The summed E-state index contributed by atoms with van der Waals surface area (Å²) in [5, 5.41) is 3.88. The molecule has 1 aliphatic heterocycles. The van der Waals surface area contributed by atoms with Crippen molar-refractivity contribution in [2.45, 2.75) is 76.8 Å². The van der Waals surface area contributed by atoms with Gasteiger partial charge < -0.3 is 10.2 Å². The maximum absolute atomic E-state index is 3.88. The van der Waals surface area contributed by atoms with Gasteiger partial charge in [-0.3, -0.25) is 0 Å². The van der Waals surface area contributed by atoms with Crippen molar-refractivity contribution in [3.63, 3.8) is 0 Å². The minimum absolute atomic E-state index is 0.175. The van der Waals surface area contributed by atoms with Gasteiger partial charge in [0.25, 0.3) is 0 Å². The average molecular weight is 341 g/mol. The van der Waals surface area contributed by atoms with Crippen LogP contribution < -0.4 is 10.2 Å². The first kappa shape index (κ1) is 17.6. The quantitative estimate of drug-likeness (QED) is 0.601. The second-order valence-corrected chi connectivity index (χ2v) is 13.9. The van der Waals surface area contributed by atoms with Gasteiger partial charge in [-0.15, -0.1) is 5.54 Å². The minimum Gasteiger partial charge on any atom is -0.365 e. The molecule has 3 rings (SSSR count).